The molecule has 0 radical (unpaired) electrons. The first-order chi connectivity index (χ1) is 19.0. The first-order valence-electron chi connectivity index (χ1n) is 16.2. The Hall–Kier alpha value is -1.91. The van der Waals surface area contributed by atoms with E-state index >= 15 is 0 Å². The van der Waals surface area contributed by atoms with E-state index in [9.17, 15) is 0 Å². The lowest BCUT2D eigenvalue weighted by atomic mass is 10.1. The maximum atomic E-state index is 2.45. The highest BCUT2D eigenvalue weighted by Gasteiger charge is 2.50. The Morgan fingerprint density at radius 3 is 0.900 bits per heavy atom. The summed E-state index contributed by atoms with van der Waals surface area (Å²) in [6.07, 6.45) is 15.1. The van der Waals surface area contributed by atoms with Crippen LogP contribution in [0.1, 0.15) is 121 Å². The Balaban J connectivity index is 2.13. The molecule has 0 unspecified atom stereocenters. The first kappa shape index (κ1) is 32.6. The Bertz CT molecular complexity index is 1070. The summed E-state index contributed by atoms with van der Waals surface area (Å²) in [6.45, 7) is 23.4. The van der Waals surface area contributed by atoms with Crippen LogP contribution in [0.5, 0.6) is 0 Å². The van der Waals surface area contributed by atoms with Gasteiger partial charge in [-0.15, -0.1) is 0 Å². The molecule has 0 heterocycles. The number of aryl methyl sites for hydroxylation is 9. The van der Waals surface area contributed by atoms with Gasteiger partial charge in [-0.3, -0.25) is 0 Å². The van der Waals surface area contributed by atoms with E-state index in [0.717, 1.165) is 0 Å². The van der Waals surface area contributed by atoms with Gasteiger partial charge in [0.25, 0.3) is 0 Å². The van der Waals surface area contributed by atoms with Crippen LogP contribution >= 0.6 is 7.26 Å². The Kier molecular flexibility index (Phi) is 12.1. The van der Waals surface area contributed by atoms with Gasteiger partial charge in [0.1, 0.15) is 23.2 Å². The van der Waals surface area contributed by atoms with Crippen molar-refractivity contribution in [3.05, 3.63) is 86.5 Å². The van der Waals surface area contributed by atoms with Crippen molar-refractivity contribution >= 4 is 23.2 Å². The van der Waals surface area contributed by atoms with Gasteiger partial charge < -0.3 is 0 Å². The number of hydrogen-bond donors (Lipinski definition) is 0. The van der Waals surface area contributed by atoms with Crippen LogP contribution in [0.4, 0.5) is 0 Å². The lowest BCUT2D eigenvalue weighted by molar-refractivity contribution is 0.563. The summed E-state index contributed by atoms with van der Waals surface area (Å²) < 4.78 is 0. The van der Waals surface area contributed by atoms with Crippen molar-refractivity contribution in [3.63, 3.8) is 0 Å². The molecule has 40 heavy (non-hydrogen) atoms. The van der Waals surface area contributed by atoms with Crippen molar-refractivity contribution in [1.29, 1.82) is 0 Å². The van der Waals surface area contributed by atoms with Crippen LogP contribution in [0.25, 0.3) is 0 Å². The number of unbranched alkanes of at least 4 members (excludes halogenated alkanes) is 9. The fourth-order valence-electron chi connectivity index (χ4n) is 7.83. The second kappa shape index (κ2) is 14.8. The molecule has 0 spiro atoms. The molecule has 218 valence electrons. The average Bonchev–Trinajstić information content (AvgIpc) is 2.83. The third-order valence-corrected chi connectivity index (χ3v) is 14.3. The Morgan fingerprint density at radius 1 is 0.375 bits per heavy atom. The van der Waals surface area contributed by atoms with Crippen molar-refractivity contribution in [2.45, 2.75) is 133 Å². The molecule has 3 aromatic rings. The molecule has 0 aromatic heterocycles. The van der Waals surface area contributed by atoms with Gasteiger partial charge in [0.2, 0.25) is 0 Å². The lowest BCUT2D eigenvalue weighted by Crippen LogP contribution is -2.40. The lowest BCUT2D eigenvalue weighted by Gasteiger charge is -2.35. The minimum absolute atomic E-state index is 1.27. The molecule has 1 heteroatoms. The van der Waals surface area contributed by atoms with E-state index in [1.54, 1.807) is 15.9 Å². The summed E-state index contributed by atoms with van der Waals surface area (Å²) in [4.78, 5) is 0. The van der Waals surface area contributed by atoms with E-state index < -0.39 is 7.26 Å². The number of hydrogen-bond acceptors (Lipinski definition) is 0. The molecule has 0 bridgehead atoms. The molecule has 0 amide bonds. The van der Waals surface area contributed by atoms with Crippen LogP contribution in [0.15, 0.2) is 36.4 Å². The highest BCUT2D eigenvalue weighted by molar-refractivity contribution is 7.96. The van der Waals surface area contributed by atoms with E-state index in [1.807, 2.05) is 0 Å². The van der Waals surface area contributed by atoms with Crippen LogP contribution in [-0.4, -0.2) is 6.16 Å². The summed E-state index contributed by atoms with van der Waals surface area (Å²) in [5.74, 6) is 0. The molecular weight excluding hydrogens is 499 g/mol. The van der Waals surface area contributed by atoms with Crippen molar-refractivity contribution in [2.75, 3.05) is 6.16 Å². The maximum absolute atomic E-state index is 2.45. The normalized spacial score (nSPS) is 11.8. The largest absolute Gasteiger partial charge is 0.113 e. The predicted octanol–water partition coefficient (Wildman–Crippen LogP) is 10.7. The van der Waals surface area contributed by atoms with Crippen LogP contribution < -0.4 is 15.9 Å². The smallest absolute Gasteiger partial charge is 0.0654 e. The van der Waals surface area contributed by atoms with E-state index in [0.29, 0.717) is 0 Å². The van der Waals surface area contributed by atoms with Crippen molar-refractivity contribution in [2.24, 2.45) is 0 Å². The fourth-order valence-corrected chi connectivity index (χ4v) is 13.9. The average molecular weight is 558 g/mol. The molecular formula is C39H58P+. The van der Waals surface area contributed by atoms with Gasteiger partial charge in [0, 0.05) is 0 Å². The SMILES string of the molecule is CCCCCCCCCCCC[P+](c1c(C)cc(C)cc1C)(c1c(C)cc(C)cc1C)c1c(C)cc(C)cc1C. The topological polar surface area (TPSA) is 0 Å². The summed E-state index contributed by atoms with van der Waals surface area (Å²) in [7, 11) is -1.91. The number of benzene rings is 3. The zero-order valence-electron chi connectivity index (χ0n) is 27.7. The van der Waals surface area contributed by atoms with Gasteiger partial charge in [-0.2, -0.15) is 0 Å². The van der Waals surface area contributed by atoms with E-state index in [2.05, 4.69) is 106 Å². The van der Waals surface area contributed by atoms with Crippen molar-refractivity contribution < 1.29 is 0 Å². The van der Waals surface area contributed by atoms with Crippen LogP contribution in [0, 0.1) is 62.3 Å². The summed E-state index contributed by atoms with van der Waals surface area (Å²) in [5.41, 5.74) is 13.0. The standard InChI is InChI=1S/C39H58P/c1-11-12-13-14-15-16-17-18-19-20-21-40(37-31(5)22-28(2)23-32(37)6,38-33(7)24-29(3)25-34(38)8)39-35(9)26-30(4)27-36(39)10/h22-27H,11-21H2,1-10H3/q+1. The van der Waals surface area contributed by atoms with Gasteiger partial charge in [0.15, 0.2) is 0 Å². The zero-order valence-corrected chi connectivity index (χ0v) is 28.6. The molecule has 0 N–H and O–H groups in total. The summed E-state index contributed by atoms with van der Waals surface area (Å²) in [6, 6.07) is 14.7. The third kappa shape index (κ3) is 7.48. The summed E-state index contributed by atoms with van der Waals surface area (Å²) >= 11 is 0. The molecule has 0 saturated carbocycles. The predicted molar refractivity (Wildman–Crippen MR) is 184 cm³/mol. The van der Waals surface area contributed by atoms with Gasteiger partial charge in [0.05, 0.1) is 6.16 Å². The monoisotopic (exact) mass is 557 g/mol. The maximum Gasteiger partial charge on any atom is 0.113 e. The van der Waals surface area contributed by atoms with Crippen LogP contribution in [0.3, 0.4) is 0 Å². The number of rotatable bonds is 14. The third-order valence-electron chi connectivity index (χ3n) is 8.90. The Morgan fingerprint density at radius 2 is 0.625 bits per heavy atom. The van der Waals surface area contributed by atoms with E-state index in [-0.39, 0.29) is 0 Å². The fraction of sp³-hybridized carbons (Fsp3) is 0.538. The first-order valence-corrected chi connectivity index (χ1v) is 18.1. The Labute approximate surface area is 248 Å². The quantitative estimate of drug-likeness (QED) is 0.137. The second-order valence-corrected chi connectivity index (χ2v) is 16.4. The van der Waals surface area contributed by atoms with Gasteiger partial charge in [-0.1, -0.05) is 111 Å². The van der Waals surface area contributed by atoms with Gasteiger partial charge >= 0.3 is 0 Å². The van der Waals surface area contributed by atoms with Crippen molar-refractivity contribution in [3.8, 4) is 0 Å². The molecule has 0 aliphatic rings. The highest BCUT2D eigenvalue weighted by Crippen LogP contribution is 2.60. The molecule has 3 rings (SSSR count). The van der Waals surface area contributed by atoms with Crippen LogP contribution in [0.2, 0.25) is 0 Å². The van der Waals surface area contributed by atoms with Crippen molar-refractivity contribution in [1.82, 2.24) is 0 Å². The molecule has 0 nitrogen and oxygen atoms in total. The molecule has 0 atom stereocenters. The zero-order chi connectivity index (χ0) is 29.4. The van der Waals surface area contributed by atoms with E-state index in [4.69, 9.17) is 0 Å². The highest BCUT2D eigenvalue weighted by atomic mass is 31.2. The molecule has 3 aromatic carbocycles. The molecule has 0 saturated heterocycles. The summed E-state index contributed by atoms with van der Waals surface area (Å²) in [5, 5.41) is 4.96. The van der Waals surface area contributed by atoms with Gasteiger partial charge in [-0.05, 0) is 109 Å². The minimum atomic E-state index is -1.91. The second-order valence-electron chi connectivity index (χ2n) is 13.0. The molecule has 0 aliphatic heterocycles. The molecule has 0 fully saturated rings. The van der Waals surface area contributed by atoms with Crippen LogP contribution in [-0.2, 0) is 0 Å². The minimum Gasteiger partial charge on any atom is -0.0654 e. The van der Waals surface area contributed by atoms with Gasteiger partial charge in [-0.25, -0.2) is 0 Å². The van der Waals surface area contributed by atoms with E-state index in [1.165, 1.54) is 120 Å². The molecule has 0 aliphatic carbocycles.